The van der Waals surface area contributed by atoms with Gasteiger partial charge < -0.3 is 19.0 Å². The molecule has 0 amide bonds. The van der Waals surface area contributed by atoms with Crippen LogP contribution in [0.5, 0.6) is 0 Å². The molecule has 0 radical (unpaired) electrons. The molecule has 2 fully saturated rings. The number of methoxy groups -OCH3 is 1. The van der Waals surface area contributed by atoms with Crippen LogP contribution < -0.4 is 0 Å². The van der Waals surface area contributed by atoms with Gasteiger partial charge in [-0.1, -0.05) is 46.3 Å². The minimum absolute atomic E-state index is 0.0288. The molecule has 0 heterocycles. The zero-order chi connectivity index (χ0) is 25.7. The molecule has 0 unspecified atom stereocenters. The molecule has 6 heteroatoms. The van der Waals surface area contributed by atoms with E-state index in [-0.39, 0.29) is 39.6 Å². The highest BCUT2D eigenvalue weighted by molar-refractivity contribution is 6.74. The summed E-state index contributed by atoms with van der Waals surface area (Å²) in [5.41, 5.74) is 0.320. The SMILES string of the molecule is COCOCCC[C@@]12C=C(C)C(C)(C)[C@@H]1CC(=O)[C@@]1(C)[C@H](O)CC[C@H](O[Si](C)(C)C(C)(C)C)[C@H]21. The molecular weight excluding hydrogens is 444 g/mol. The average molecular weight is 495 g/mol. The van der Waals surface area contributed by atoms with E-state index < -0.39 is 19.8 Å². The number of hydrogen-bond donors (Lipinski definition) is 1. The number of aliphatic hydroxyl groups excluding tert-OH is 1. The van der Waals surface area contributed by atoms with Crippen LogP contribution in [0, 0.1) is 28.1 Å². The molecule has 0 saturated heterocycles. The molecule has 5 nitrogen and oxygen atoms in total. The molecule has 196 valence electrons. The predicted octanol–water partition coefficient (Wildman–Crippen LogP) is 6.12. The minimum Gasteiger partial charge on any atom is -0.414 e. The molecule has 3 rings (SSSR count). The standard InChI is InChI=1S/C28H50O5Si/c1-19-17-28(14-11-15-32-18-31-8)21(26(19,5)6)16-23(30)27(7)22(29)13-12-20(24(27)28)33-34(9,10)25(2,3)4/h17,20-22,24,29H,11-16,18H2,1-10H3/t20-,21-,22+,24-,27+,28+/m0/s1. The van der Waals surface area contributed by atoms with Gasteiger partial charge in [-0.05, 0) is 74.4 Å². The molecule has 0 aliphatic heterocycles. The summed E-state index contributed by atoms with van der Waals surface area (Å²) in [5.74, 6) is 0.396. The van der Waals surface area contributed by atoms with Crippen LogP contribution in [0.3, 0.4) is 0 Å². The zero-order valence-corrected chi connectivity index (χ0v) is 24.4. The Bertz CT molecular complexity index is 797. The van der Waals surface area contributed by atoms with Crippen molar-refractivity contribution >= 4 is 14.1 Å². The lowest BCUT2D eigenvalue weighted by atomic mass is 9.43. The smallest absolute Gasteiger partial charge is 0.192 e. The largest absolute Gasteiger partial charge is 0.414 e. The number of Topliss-reactive ketones (excluding diaryl/α,β-unsaturated/α-hetero) is 1. The maximum Gasteiger partial charge on any atom is 0.192 e. The van der Waals surface area contributed by atoms with E-state index in [1.165, 1.54) is 5.57 Å². The predicted molar refractivity (Wildman–Crippen MR) is 139 cm³/mol. The molecule has 6 atom stereocenters. The normalized spacial score (nSPS) is 37.9. The molecule has 34 heavy (non-hydrogen) atoms. The molecule has 0 bridgehead atoms. The number of ether oxygens (including phenoxy) is 2. The van der Waals surface area contributed by atoms with E-state index in [1.807, 2.05) is 6.92 Å². The zero-order valence-electron chi connectivity index (χ0n) is 23.4. The summed E-state index contributed by atoms with van der Waals surface area (Å²) < 4.78 is 17.9. The summed E-state index contributed by atoms with van der Waals surface area (Å²) in [6.07, 6.45) is 5.62. The number of allylic oxidation sites excluding steroid dienone is 2. The fourth-order valence-corrected chi connectivity index (χ4v) is 8.51. The Morgan fingerprint density at radius 3 is 2.41 bits per heavy atom. The van der Waals surface area contributed by atoms with E-state index in [1.54, 1.807) is 7.11 Å². The Hall–Kier alpha value is -0.533. The summed E-state index contributed by atoms with van der Waals surface area (Å²) in [7, 11) is -0.435. The summed E-state index contributed by atoms with van der Waals surface area (Å²) in [5, 5.41) is 11.4. The van der Waals surface area contributed by atoms with Crippen LogP contribution in [-0.2, 0) is 18.7 Å². The van der Waals surface area contributed by atoms with Gasteiger partial charge in [0.15, 0.2) is 8.32 Å². The van der Waals surface area contributed by atoms with Gasteiger partial charge >= 0.3 is 0 Å². The summed E-state index contributed by atoms with van der Waals surface area (Å²) in [6.45, 7) is 21.2. The first kappa shape index (κ1) is 28.0. The van der Waals surface area contributed by atoms with Crippen LogP contribution in [0.1, 0.15) is 80.6 Å². The molecule has 1 N–H and O–H groups in total. The van der Waals surface area contributed by atoms with Crippen molar-refractivity contribution in [2.75, 3.05) is 20.5 Å². The van der Waals surface area contributed by atoms with Crippen LogP contribution in [0.4, 0.5) is 0 Å². The summed E-state index contributed by atoms with van der Waals surface area (Å²) in [4.78, 5) is 13.9. The first-order valence-corrected chi connectivity index (χ1v) is 16.1. The van der Waals surface area contributed by atoms with Crippen molar-refractivity contribution in [3.05, 3.63) is 11.6 Å². The lowest BCUT2D eigenvalue weighted by molar-refractivity contribution is -0.190. The Balaban J connectivity index is 2.10. The number of carbonyl (C=O) groups excluding carboxylic acids is 1. The number of fused-ring (bicyclic) bond motifs is 3. The monoisotopic (exact) mass is 494 g/mol. The Kier molecular flexibility index (Phi) is 7.76. The van der Waals surface area contributed by atoms with E-state index >= 15 is 0 Å². The van der Waals surface area contributed by atoms with Crippen molar-refractivity contribution < 1.29 is 23.8 Å². The van der Waals surface area contributed by atoms with Gasteiger partial charge in [0, 0.05) is 32.2 Å². The van der Waals surface area contributed by atoms with E-state index in [2.05, 4.69) is 60.7 Å². The number of ketones is 1. The van der Waals surface area contributed by atoms with Crippen LogP contribution in [0.15, 0.2) is 11.6 Å². The fourth-order valence-electron chi connectivity index (χ4n) is 7.15. The van der Waals surface area contributed by atoms with Gasteiger partial charge in [-0.25, -0.2) is 0 Å². The van der Waals surface area contributed by atoms with Crippen molar-refractivity contribution in [2.24, 2.45) is 28.1 Å². The van der Waals surface area contributed by atoms with E-state index in [4.69, 9.17) is 13.9 Å². The van der Waals surface area contributed by atoms with Crippen molar-refractivity contribution in [1.29, 1.82) is 0 Å². The molecule has 3 aliphatic carbocycles. The molecule has 2 saturated carbocycles. The quantitative estimate of drug-likeness (QED) is 0.191. The van der Waals surface area contributed by atoms with Crippen LogP contribution in [-0.4, -0.2) is 51.9 Å². The minimum atomic E-state index is -2.08. The van der Waals surface area contributed by atoms with Gasteiger partial charge in [0.1, 0.15) is 12.6 Å². The lowest BCUT2D eigenvalue weighted by Gasteiger charge is -2.62. The topological polar surface area (TPSA) is 65.0 Å². The number of hydrogen-bond acceptors (Lipinski definition) is 5. The van der Waals surface area contributed by atoms with Gasteiger partial charge in [-0.2, -0.15) is 0 Å². The van der Waals surface area contributed by atoms with Crippen molar-refractivity contribution in [2.45, 2.75) is 111 Å². The first-order valence-electron chi connectivity index (χ1n) is 13.2. The van der Waals surface area contributed by atoms with Crippen molar-refractivity contribution in [3.63, 3.8) is 0 Å². The van der Waals surface area contributed by atoms with Gasteiger partial charge in [-0.15, -0.1) is 0 Å². The maximum absolute atomic E-state index is 13.9. The lowest BCUT2D eigenvalue weighted by Crippen LogP contribution is -2.66. The second-order valence-corrected chi connectivity index (χ2v) is 18.3. The highest BCUT2D eigenvalue weighted by atomic mass is 28.4. The maximum atomic E-state index is 13.9. The molecule has 0 aromatic heterocycles. The third-order valence-electron chi connectivity index (χ3n) is 10.4. The second kappa shape index (κ2) is 9.40. The number of carbonyl (C=O) groups is 1. The molecule has 0 aromatic carbocycles. The van der Waals surface area contributed by atoms with E-state index in [0.717, 1.165) is 19.3 Å². The van der Waals surface area contributed by atoms with Gasteiger partial charge in [-0.3, -0.25) is 4.79 Å². The van der Waals surface area contributed by atoms with Gasteiger partial charge in [0.05, 0.1) is 11.5 Å². The molecule has 0 aromatic rings. The van der Waals surface area contributed by atoms with Crippen molar-refractivity contribution in [1.82, 2.24) is 0 Å². The second-order valence-electron chi connectivity index (χ2n) is 13.5. The van der Waals surface area contributed by atoms with Crippen LogP contribution >= 0.6 is 0 Å². The van der Waals surface area contributed by atoms with Gasteiger partial charge in [0.25, 0.3) is 0 Å². The fraction of sp³-hybridized carbons (Fsp3) is 0.893. The molecule has 0 spiro atoms. The van der Waals surface area contributed by atoms with E-state index in [9.17, 15) is 9.90 Å². The number of rotatable bonds is 8. The highest BCUT2D eigenvalue weighted by Crippen LogP contribution is 2.69. The van der Waals surface area contributed by atoms with Crippen LogP contribution in [0.2, 0.25) is 18.1 Å². The van der Waals surface area contributed by atoms with Crippen LogP contribution in [0.25, 0.3) is 0 Å². The Morgan fingerprint density at radius 2 is 1.82 bits per heavy atom. The van der Waals surface area contributed by atoms with Crippen molar-refractivity contribution in [3.8, 4) is 0 Å². The summed E-state index contributed by atoms with van der Waals surface area (Å²) >= 11 is 0. The summed E-state index contributed by atoms with van der Waals surface area (Å²) in [6, 6.07) is 0. The Labute approximate surface area is 209 Å². The molecule has 3 aliphatic rings. The third-order valence-corrected chi connectivity index (χ3v) is 14.9. The van der Waals surface area contributed by atoms with Gasteiger partial charge in [0.2, 0.25) is 0 Å². The third kappa shape index (κ3) is 4.40. The van der Waals surface area contributed by atoms with E-state index in [0.29, 0.717) is 26.2 Å². The molecular formula is C28H50O5Si. The Morgan fingerprint density at radius 1 is 1.18 bits per heavy atom. The highest BCUT2D eigenvalue weighted by Gasteiger charge is 2.69. The number of aliphatic hydroxyl groups is 1. The average Bonchev–Trinajstić information content (AvgIpc) is 2.90. The first-order chi connectivity index (χ1) is 15.6.